The quantitative estimate of drug-likeness (QED) is 0.756. The molecule has 2 rings (SSSR count). The van der Waals surface area contributed by atoms with Crippen molar-refractivity contribution in [2.45, 2.75) is 39.3 Å². The second-order valence-corrected chi connectivity index (χ2v) is 6.80. The molecule has 0 atom stereocenters. The SMILES string of the molecule is CC(C)CN(CCN(C)C)c1cnccc1CNC1CC1. The van der Waals surface area contributed by atoms with Crippen LogP contribution in [0.25, 0.3) is 0 Å². The lowest BCUT2D eigenvalue weighted by Gasteiger charge is -2.29. The number of pyridine rings is 1. The first-order valence-electron chi connectivity index (χ1n) is 8.12. The third-order valence-electron chi connectivity index (χ3n) is 3.79. The molecule has 118 valence electrons. The van der Waals surface area contributed by atoms with E-state index in [1.807, 2.05) is 12.4 Å². The summed E-state index contributed by atoms with van der Waals surface area (Å²) in [5.74, 6) is 0.650. The van der Waals surface area contributed by atoms with Crippen LogP contribution in [0.4, 0.5) is 5.69 Å². The van der Waals surface area contributed by atoms with Gasteiger partial charge < -0.3 is 15.1 Å². The van der Waals surface area contributed by atoms with Gasteiger partial charge in [0.25, 0.3) is 0 Å². The van der Waals surface area contributed by atoms with Gasteiger partial charge >= 0.3 is 0 Å². The van der Waals surface area contributed by atoms with Crippen LogP contribution in [-0.4, -0.2) is 49.7 Å². The van der Waals surface area contributed by atoms with Gasteiger partial charge in [0.1, 0.15) is 0 Å². The first-order valence-corrected chi connectivity index (χ1v) is 8.12. The largest absolute Gasteiger partial charge is 0.368 e. The summed E-state index contributed by atoms with van der Waals surface area (Å²) in [4.78, 5) is 9.09. The summed E-state index contributed by atoms with van der Waals surface area (Å²) in [6.45, 7) is 8.71. The normalized spacial score (nSPS) is 15.0. The Kier molecular flexibility index (Phi) is 6.00. The van der Waals surface area contributed by atoms with E-state index in [0.717, 1.165) is 32.2 Å². The molecule has 4 nitrogen and oxygen atoms in total. The molecule has 0 aromatic carbocycles. The zero-order chi connectivity index (χ0) is 15.2. The summed E-state index contributed by atoms with van der Waals surface area (Å²) in [5, 5.41) is 3.62. The van der Waals surface area contributed by atoms with Gasteiger partial charge in [-0.25, -0.2) is 0 Å². The first kappa shape index (κ1) is 16.2. The van der Waals surface area contributed by atoms with Crippen LogP contribution in [0.15, 0.2) is 18.5 Å². The molecule has 21 heavy (non-hydrogen) atoms. The van der Waals surface area contributed by atoms with E-state index in [1.165, 1.54) is 24.1 Å². The predicted molar refractivity (Wildman–Crippen MR) is 89.7 cm³/mol. The minimum absolute atomic E-state index is 0.650. The minimum atomic E-state index is 0.650. The molecule has 1 saturated carbocycles. The van der Waals surface area contributed by atoms with Crippen molar-refractivity contribution < 1.29 is 0 Å². The third-order valence-corrected chi connectivity index (χ3v) is 3.79. The molecule has 1 fully saturated rings. The summed E-state index contributed by atoms with van der Waals surface area (Å²) in [6.07, 6.45) is 6.60. The van der Waals surface area contributed by atoms with Gasteiger partial charge in [0, 0.05) is 38.4 Å². The molecule has 0 spiro atoms. The molecule has 1 aromatic heterocycles. The highest BCUT2D eigenvalue weighted by Crippen LogP contribution is 2.23. The lowest BCUT2D eigenvalue weighted by molar-refractivity contribution is 0.408. The second kappa shape index (κ2) is 7.76. The molecule has 0 unspecified atom stereocenters. The predicted octanol–water partition coefficient (Wildman–Crippen LogP) is 2.36. The van der Waals surface area contributed by atoms with E-state index in [4.69, 9.17) is 0 Å². The van der Waals surface area contributed by atoms with E-state index >= 15 is 0 Å². The van der Waals surface area contributed by atoms with Crippen molar-refractivity contribution in [3.05, 3.63) is 24.0 Å². The minimum Gasteiger partial charge on any atom is -0.368 e. The van der Waals surface area contributed by atoms with Crippen molar-refractivity contribution in [3.63, 3.8) is 0 Å². The second-order valence-electron chi connectivity index (χ2n) is 6.80. The molecule has 0 radical (unpaired) electrons. The van der Waals surface area contributed by atoms with E-state index < -0.39 is 0 Å². The number of likely N-dealkylation sites (N-methyl/N-ethyl adjacent to an activating group) is 1. The van der Waals surface area contributed by atoms with Gasteiger partial charge in [-0.15, -0.1) is 0 Å². The van der Waals surface area contributed by atoms with E-state index in [0.29, 0.717) is 5.92 Å². The molecular formula is C17H30N4. The Hall–Kier alpha value is -1.13. The van der Waals surface area contributed by atoms with Crippen LogP contribution in [0.5, 0.6) is 0 Å². The fourth-order valence-electron chi connectivity index (χ4n) is 2.46. The van der Waals surface area contributed by atoms with Crippen LogP contribution in [0.2, 0.25) is 0 Å². The molecule has 1 aliphatic rings. The Balaban J connectivity index is 2.08. The Morgan fingerprint density at radius 2 is 2.05 bits per heavy atom. The van der Waals surface area contributed by atoms with Crippen molar-refractivity contribution in [1.82, 2.24) is 15.2 Å². The summed E-state index contributed by atoms with van der Waals surface area (Å²) < 4.78 is 0. The highest BCUT2D eigenvalue weighted by atomic mass is 15.2. The number of rotatable bonds is 9. The maximum atomic E-state index is 4.36. The Bertz CT molecular complexity index is 427. The molecule has 1 aliphatic carbocycles. The monoisotopic (exact) mass is 290 g/mol. The smallest absolute Gasteiger partial charge is 0.0598 e. The number of nitrogens with one attached hydrogen (secondary N) is 1. The van der Waals surface area contributed by atoms with E-state index in [-0.39, 0.29) is 0 Å². The molecule has 1 N–H and O–H groups in total. The van der Waals surface area contributed by atoms with Gasteiger partial charge in [0.2, 0.25) is 0 Å². The van der Waals surface area contributed by atoms with Gasteiger partial charge in [-0.2, -0.15) is 0 Å². The number of hydrogen-bond acceptors (Lipinski definition) is 4. The zero-order valence-corrected chi connectivity index (χ0v) is 14.0. The number of hydrogen-bond donors (Lipinski definition) is 1. The van der Waals surface area contributed by atoms with E-state index in [1.54, 1.807) is 0 Å². The maximum absolute atomic E-state index is 4.36. The molecular weight excluding hydrogens is 260 g/mol. The van der Waals surface area contributed by atoms with Crippen molar-refractivity contribution in [3.8, 4) is 0 Å². The lowest BCUT2D eigenvalue weighted by Crippen LogP contribution is -2.35. The Morgan fingerprint density at radius 1 is 1.29 bits per heavy atom. The van der Waals surface area contributed by atoms with Crippen LogP contribution in [0.3, 0.4) is 0 Å². The molecule has 0 saturated heterocycles. The average Bonchev–Trinajstić information content (AvgIpc) is 3.25. The van der Waals surface area contributed by atoms with Crippen molar-refractivity contribution in [1.29, 1.82) is 0 Å². The number of aromatic nitrogens is 1. The van der Waals surface area contributed by atoms with Gasteiger partial charge in [0.05, 0.1) is 11.9 Å². The molecule has 4 heteroatoms. The highest BCUT2D eigenvalue weighted by molar-refractivity contribution is 5.51. The third kappa shape index (κ3) is 5.64. The van der Waals surface area contributed by atoms with Gasteiger partial charge in [-0.1, -0.05) is 13.8 Å². The Labute approximate surface area is 129 Å². The first-order chi connectivity index (χ1) is 10.1. The molecule has 1 heterocycles. The van der Waals surface area contributed by atoms with Crippen LogP contribution in [0, 0.1) is 5.92 Å². The van der Waals surface area contributed by atoms with E-state index in [2.05, 4.69) is 54.1 Å². The fraction of sp³-hybridized carbons (Fsp3) is 0.706. The van der Waals surface area contributed by atoms with Gasteiger partial charge in [-0.3, -0.25) is 4.98 Å². The van der Waals surface area contributed by atoms with Crippen LogP contribution >= 0.6 is 0 Å². The van der Waals surface area contributed by atoms with Gasteiger partial charge in [-0.05, 0) is 44.5 Å². The van der Waals surface area contributed by atoms with Crippen LogP contribution in [0.1, 0.15) is 32.3 Å². The number of anilines is 1. The zero-order valence-electron chi connectivity index (χ0n) is 14.0. The molecule has 0 amide bonds. The van der Waals surface area contributed by atoms with Crippen molar-refractivity contribution in [2.75, 3.05) is 38.6 Å². The maximum Gasteiger partial charge on any atom is 0.0598 e. The summed E-state index contributed by atoms with van der Waals surface area (Å²) in [6, 6.07) is 2.90. The van der Waals surface area contributed by atoms with Gasteiger partial charge in [0.15, 0.2) is 0 Å². The fourth-order valence-corrected chi connectivity index (χ4v) is 2.46. The van der Waals surface area contributed by atoms with Crippen molar-refractivity contribution >= 4 is 5.69 Å². The number of nitrogens with zero attached hydrogens (tertiary/aromatic N) is 3. The Morgan fingerprint density at radius 3 is 2.67 bits per heavy atom. The molecule has 1 aromatic rings. The highest BCUT2D eigenvalue weighted by Gasteiger charge is 2.21. The van der Waals surface area contributed by atoms with Crippen LogP contribution < -0.4 is 10.2 Å². The van der Waals surface area contributed by atoms with E-state index in [9.17, 15) is 0 Å². The molecule has 0 aliphatic heterocycles. The molecule has 0 bridgehead atoms. The summed E-state index contributed by atoms with van der Waals surface area (Å²) in [5.41, 5.74) is 2.66. The summed E-state index contributed by atoms with van der Waals surface area (Å²) >= 11 is 0. The lowest BCUT2D eigenvalue weighted by atomic mass is 10.1. The van der Waals surface area contributed by atoms with Crippen LogP contribution in [-0.2, 0) is 6.54 Å². The topological polar surface area (TPSA) is 31.4 Å². The summed E-state index contributed by atoms with van der Waals surface area (Å²) in [7, 11) is 4.26. The average molecular weight is 290 g/mol. The van der Waals surface area contributed by atoms with Crippen molar-refractivity contribution in [2.24, 2.45) is 5.92 Å². The standard InChI is InChI=1S/C17H30N4/c1-14(2)13-21(10-9-20(3)4)17-12-18-8-7-15(17)11-19-16-5-6-16/h7-8,12,14,16,19H,5-6,9-11,13H2,1-4H3.